The van der Waals surface area contributed by atoms with Crippen LogP contribution in [-0.2, 0) is 0 Å². The predicted molar refractivity (Wildman–Crippen MR) is 105 cm³/mol. The van der Waals surface area contributed by atoms with E-state index in [9.17, 15) is 10.2 Å². The van der Waals surface area contributed by atoms with Crippen molar-refractivity contribution < 1.29 is 10.2 Å². The molecule has 0 aliphatic rings. The molecule has 0 aliphatic carbocycles. The number of rotatable bonds is 2. The topological polar surface area (TPSA) is 66.5 Å². The smallest absolute Gasteiger partial charge is 0.124 e. The summed E-state index contributed by atoms with van der Waals surface area (Å²) in [5.74, 6) is 0.242. The lowest BCUT2D eigenvalue weighted by Crippen LogP contribution is -1.89. The Bertz CT molecular complexity index is 1150. The third-order valence-electron chi connectivity index (χ3n) is 4.53. The van der Waals surface area contributed by atoms with Gasteiger partial charge in [-0.1, -0.05) is 43.0 Å². The lowest BCUT2D eigenvalue weighted by molar-refractivity contribution is 0.470. The number of hydrogen-bond donors (Lipinski definition) is 3. The fourth-order valence-corrected chi connectivity index (χ4v) is 3.33. The Hall–Kier alpha value is -3.46. The van der Waals surface area contributed by atoms with Crippen molar-refractivity contribution in [3.8, 4) is 22.6 Å². The average Bonchev–Trinajstić information content (AvgIpc) is 2.62. The molecule has 0 saturated heterocycles. The molecule has 0 aromatic heterocycles. The van der Waals surface area contributed by atoms with E-state index in [0.29, 0.717) is 16.8 Å². The van der Waals surface area contributed by atoms with Crippen LogP contribution in [0.5, 0.6) is 11.5 Å². The van der Waals surface area contributed by atoms with Crippen LogP contribution in [0.4, 0.5) is 5.69 Å². The van der Waals surface area contributed by atoms with Gasteiger partial charge in [-0.3, -0.25) is 0 Å². The quantitative estimate of drug-likeness (QED) is 0.438. The van der Waals surface area contributed by atoms with E-state index in [-0.39, 0.29) is 11.5 Å². The standard InChI is InChI=1S/C22H17NO2/c1-2-13-3-7-17-14(11-13)4-9-19(24)21(17)22-18-8-6-16(23)12-15(18)5-10-20(22)25/h2-12,24-25H,1,23H2. The van der Waals surface area contributed by atoms with Crippen LogP contribution in [0, 0.1) is 0 Å². The van der Waals surface area contributed by atoms with Gasteiger partial charge >= 0.3 is 0 Å². The summed E-state index contributed by atoms with van der Waals surface area (Å²) >= 11 is 0. The second kappa shape index (κ2) is 5.56. The Morgan fingerprint density at radius 2 is 1.28 bits per heavy atom. The Kier molecular flexibility index (Phi) is 3.36. The van der Waals surface area contributed by atoms with E-state index in [2.05, 4.69) is 6.58 Å². The zero-order chi connectivity index (χ0) is 17.6. The van der Waals surface area contributed by atoms with Gasteiger partial charge in [0.05, 0.1) is 0 Å². The van der Waals surface area contributed by atoms with E-state index in [1.807, 2.05) is 42.5 Å². The van der Waals surface area contributed by atoms with Crippen LogP contribution in [0.2, 0.25) is 0 Å². The van der Waals surface area contributed by atoms with Crippen LogP contribution in [0.15, 0.2) is 67.2 Å². The van der Waals surface area contributed by atoms with Crippen molar-refractivity contribution in [2.24, 2.45) is 0 Å². The lowest BCUT2D eigenvalue weighted by Gasteiger charge is -2.14. The number of hydrogen-bond acceptors (Lipinski definition) is 3. The molecule has 0 fully saturated rings. The van der Waals surface area contributed by atoms with E-state index in [0.717, 1.165) is 27.1 Å². The number of phenolic OH excluding ortho intramolecular Hbond substituents is 2. The minimum Gasteiger partial charge on any atom is -0.507 e. The van der Waals surface area contributed by atoms with E-state index in [1.54, 1.807) is 24.3 Å². The summed E-state index contributed by atoms with van der Waals surface area (Å²) in [7, 11) is 0. The number of fused-ring (bicyclic) bond motifs is 2. The number of nitrogen functional groups attached to an aromatic ring is 1. The molecule has 25 heavy (non-hydrogen) atoms. The summed E-state index contributed by atoms with van der Waals surface area (Å²) < 4.78 is 0. The van der Waals surface area contributed by atoms with Crippen molar-refractivity contribution in [2.75, 3.05) is 5.73 Å². The molecule has 3 nitrogen and oxygen atoms in total. The highest BCUT2D eigenvalue weighted by atomic mass is 16.3. The van der Waals surface area contributed by atoms with Crippen LogP contribution in [0.1, 0.15) is 5.56 Å². The van der Waals surface area contributed by atoms with Crippen molar-refractivity contribution in [3.63, 3.8) is 0 Å². The van der Waals surface area contributed by atoms with Crippen LogP contribution in [0.3, 0.4) is 0 Å². The zero-order valence-electron chi connectivity index (χ0n) is 13.5. The van der Waals surface area contributed by atoms with Crippen LogP contribution < -0.4 is 5.73 Å². The second-order valence-corrected chi connectivity index (χ2v) is 6.08. The summed E-state index contributed by atoms with van der Waals surface area (Å²) in [6, 6.07) is 18.4. The van der Waals surface area contributed by atoms with E-state index in [1.165, 1.54) is 0 Å². The number of anilines is 1. The molecule has 3 heteroatoms. The average molecular weight is 327 g/mol. The van der Waals surface area contributed by atoms with Gasteiger partial charge in [0.2, 0.25) is 0 Å². The van der Waals surface area contributed by atoms with Crippen LogP contribution in [-0.4, -0.2) is 10.2 Å². The van der Waals surface area contributed by atoms with E-state index >= 15 is 0 Å². The fourth-order valence-electron chi connectivity index (χ4n) is 3.33. The molecule has 0 heterocycles. The first-order valence-corrected chi connectivity index (χ1v) is 7.98. The van der Waals surface area contributed by atoms with Gasteiger partial charge in [-0.15, -0.1) is 0 Å². The Labute approximate surface area is 145 Å². The molecule has 0 amide bonds. The molecule has 4 aromatic carbocycles. The highest BCUT2D eigenvalue weighted by molar-refractivity contribution is 6.10. The monoisotopic (exact) mass is 327 g/mol. The summed E-state index contributed by atoms with van der Waals surface area (Å²) in [4.78, 5) is 0. The van der Waals surface area contributed by atoms with Crippen LogP contribution in [0.25, 0.3) is 38.7 Å². The molecule has 0 spiro atoms. The predicted octanol–water partition coefficient (Wildman–Crippen LogP) is 5.30. The van der Waals surface area contributed by atoms with Crippen molar-refractivity contribution in [1.82, 2.24) is 0 Å². The normalized spacial score (nSPS) is 11.0. The molecule has 4 rings (SSSR count). The molecular formula is C22H17NO2. The van der Waals surface area contributed by atoms with E-state index in [4.69, 9.17) is 5.73 Å². The van der Waals surface area contributed by atoms with Crippen molar-refractivity contribution >= 4 is 33.3 Å². The summed E-state index contributed by atoms with van der Waals surface area (Å²) in [5, 5.41) is 24.7. The summed E-state index contributed by atoms with van der Waals surface area (Å²) in [6.45, 7) is 3.80. The molecule has 0 atom stereocenters. The zero-order valence-corrected chi connectivity index (χ0v) is 13.5. The molecule has 4 aromatic rings. The number of aromatic hydroxyl groups is 2. The molecule has 0 aliphatic heterocycles. The number of benzene rings is 4. The first-order chi connectivity index (χ1) is 12.1. The van der Waals surface area contributed by atoms with Crippen molar-refractivity contribution in [1.29, 1.82) is 0 Å². The van der Waals surface area contributed by atoms with Crippen molar-refractivity contribution in [3.05, 3.63) is 72.8 Å². The highest BCUT2D eigenvalue weighted by Gasteiger charge is 2.16. The molecule has 122 valence electrons. The molecule has 0 radical (unpaired) electrons. The molecule has 4 N–H and O–H groups in total. The minimum atomic E-state index is 0.118. The molecule has 0 bridgehead atoms. The largest absolute Gasteiger partial charge is 0.507 e. The third-order valence-corrected chi connectivity index (χ3v) is 4.53. The van der Waals surface area contributed by atoms with Gasteiger partial charge in [-0.2, -0.15) is 0 Å². The van der Waals surface area contributed by atoms with Gasteiger partial charge < -0.3 is 15.9 Å². The van der Waals surface area contributed by atoms with Crippen molar-refractivity contribution in [2.45, 2.75) is 0 Å². The van der Waals surface area contributed by atoms with Gasteiger partial charge in [0, 0.05) is 16.8 Å². The number of nitrogens with two attached hydrogens (primary N) is 1. The number of phenols is 2. The Morgan fingerprint density at radius 3 is 1.88 bits per heavy atom. The summed E-state index contributed by atoms with van der Waals surface area (Å²) in [5.41, 5.74) is 8.75. The lowest BCUT2D eigenvalue weighted by atomic mass is 9.91. The van der Waals surface area contributed by atoms with Gasteiger partial charge in [-0.05, 0) is 57.4 Å². The minimum absolute atomic E-state index is 0.118. The van der Waals surface area contributed by atoms with E-state index < -0.39 is 0 Å². The fraction of sp³-hybridized carbons (Fsp3) is 0. The van der Waals surface area contributed by atoms with Gasteiger partial charge in [0.25, 0.3) is 0 Å². The maximum absolute atomic E-state index is 10.6. The third kappa shape index (κ3) is 2.37. The van der Waals surface area contributed by atoms with Gasteiger partial charge in [-0.25, -0.2) is 0 Å². The molecular weight excluding hydrogens is 310 g/mol. The van der Waals surface area contributed by atoms with Gasteiger partial charge in [0.1, 0.15) is 11.5 Å². The first kappa shape index (κ1) is 15.1. The SMILES string of the molecule is C=Cc1ccc2c(-c3c(O)ccc4cc(N)ccc34)c(O)ccc2c1. The first-order valence-electron chi connectivity index (χ1n) is 7.98. The highest BCUT2D eigenvalue weighted by Crippen LogP contribution is 2.44. The maximum Gasteiger partial charge on any atom is 0.124 e. The summed E-state index contributed by atoms with van der Waals surface area (Å²) in [6.07, 6.45) is 1.78. The maximum atomic E-state index is 10.6. The molecule has 0 saturated carbocycles. The second-order valence-electron chi connectivity index (χ2n) is 6.08. The van der Waals surface area contributed by atoms with Crippen LogP contribution >= 0.6 is 0 Å². The Morgan fingerprint density at radius 1 is 0.720 bits per heavy atom. The molecule has 0 unspecified atom stereocenters. The van der Waals surface area contributed by atoms with Gasteiger partial charge in [0.15, 0.2) is 0 Å². The Balaban J connectivity index is 2.15.